The molecule has 0 saturated carbocycles. The minimum Gasteiger partial charge on any atom is -1.00 e. The molecule has 0 spiro atoms. The average Bonchev–Trinajstić information content (AvgIpc) is 3.60. The summed E-state index contributed by atoms with van der Waals surface area (Å²) in [7, 11) is 0. The van der Waals surface area contributed by atoms with Gasteiger partial charge in [0.2, 0.25) is 0 Å². The summed E-state index contributed by atoms with van der Waals surface area (Å²) >= 11 is -2.93. The van der Waals surface area contributed by atoms with Crippen LogP contribution in [0.5, 0.6) is 0 Å². The molecule has 0 fully saturated rings. The molecule has 2 aliphatic carbocycles. The first-order valence-electron chi connectivity index (χ1n) is 17.6. The monoisotopic (exact) mass is 766 g/mol. The molecule has 0 bridgehead atoms. The van der Waals surface area contributed by atoms with E-state index in [4.69, 9.17) is 0 Å². The number of fused-ring (bicyclic) bond motifs is 3. The summed E-state index contributed by atoms with van der Waals surface area (Å²) in [6.07, 6.45) is 5.35. The predicted octanol–water partition coefficient (Wildman–Crippen LogP) is 6.39. The van der Waals surface area contributed by atoms with Gasteiger partial charge in [-0.3, -0.25) is 0 Å². The van der Waals surface area contributed by atoms with E-state index in [1.807, 2.05) is 0 Å². The fourth-order valence-electron chi connectivity index (χ4n) is 7.52. The van der Waals surface area contributed by atoms with E-state index >= 15 is 0 Å². The van der Waals surface area contributed by atoms with E-state index < -0.39 is 21.3 Å². The minimum atomic E-state index is -2.93. The summed E-state index contributed by atoms with van der Waals surface area (Å²) in [6, 6.07) is 37.8. The van der Waals surface area contributed by atoms with Crippen LogP contribution in [-0.2, 0) is 32.1 Å². The second kappa shape index (κ2) is 14.7. The van der Waals surface area contributed by atoms with Crippen LogP contribution in [0.1, 0.15) is 113 Å². The van der Waals surface area contributed by atoms with Gasteiger partial charge in [0.1, 0.15) is 0 Å². The Morgan fingerprint density at radius 3 is 1.37 bits per heavy atom. The Morgan fingerprint density at radius 2 is 1.00 bits per heavy atom. The Bertz CT molecular complexity index is 1780. The molecule has 0 saturated heterocycles. The van der Waals surface area contributed by atoms with E-state index in [2.05, 4.69) is 185 Å². The standard InChI is InChI=1S/C21H25.C13H10.C12H19.2ClH.Zr/c1-20(2,3)16-7-9-18-14(12-16)11-15-13-17(21(4,5)6)8-10-19(15)18;1-3-7-12(8-4-1)11-13-9-5-2-6-10-13;1-9(2)10-6-7-11(8-10)12(3,4)5;;;/h7-13H,1-6H3;1-10H;7-10H,1-5H3;2*1H;/q;;;;;+2/p-2. The molecular weight excluding hydrogens is 715 g/mol. The van der Waals surface area contributed by atoms with E-state index in [-0.39, 0.29) is 41.1 Å². The molecule has 1 atom stereocenters. The van der Waals surface area contributed by atoms with Crippen LogP contribution in [0.2, 0.25) is 0 Å². The largest absolute Gasteiger partial charge is 1.00 e. The average molecular weight is 769 g/mol. The molecular formula is C46H54Cl2Zr. The van der Waals surface area contributed by atoms with Crippen molar-refractivity contribution < 1.29 is 46.1 Å². The molecule has 0 aromatic heterocycles. The Balaban J connectivity index is 0.00000270. The van der Waals surface area contributed by atoms with Gasteiger partial charge in [-0.25, -0.2) is 0 Å². The number of rotatable bonds is 5. The molecule has 6 rings (SSSR count). The second-order valence-corrected chi connectivity index (χ2v) is 23.4. The van der Waals surface area contributed by atoms with Gasteiger partial charge >= 0.3 is 295 Å². The van der Waals surface area contributed by atoms with Gasteiger partial charge < -0.3 is 24.8 Å². The van der Waals surface area contributed by atoms with Gasteiger partial charge in [0.25, 0.3) is 0 Å². The Labute approximate surface area is 317 Å². The third kappa shape index (κ3) is 7.81. The zero-order chi connectivity index (χ0) is 33.9. The zero-order valence-corrected chi connectivity index (χ0v) is 35.4. The number of allylic oxidation sites excluding steroid dienone is 4. The molecule has 3 heteroatoms. The van der Waals surface area contributed by atoms with E-state index in [0.717, 1.165) is 0 Å². The topological polar surface area (TPSA) is 0 Å². The Kier molecular flexibility index (Phi) is 11.9. The van der Waals surface area contributed by atoms with Crippen molar-refractivity contribution in [2.75, 3.05) is 0 Å². The van der Waals surface area contributed by atoms with Crippen LogP contribution in [0.4, 0.5) is 0 Å². The first kappa shape index (κ1) is 39.5. The summed E-state index contributed by atoms with van der Waals surface area (Å²) in [5, 5.41) is 0. The van der Waals surface area contributed by atoms with E-state index in [1.165, 1.54) is 39.0 Å². The van der Waals surface area contributed by atoms with Crippen LogP contribution in [0.3, 0.4) is 0 Å². The number of halogens is 2. The summed E-state index contributed by atoms with van der Waals surface area (Å²) in [6.45, 7) is 26.2. The van der Waals surface area contributed by atoms with Gasteiger partial charge in [-0.2, -0.15) is 0 Å². The third-order valence-electron chi connectivity index (χ3n) is 10.4. The van der Waals surface area contributed by atoms with Crippen molar-refractivity contribution >= 4 is 3.21 Å². The Morgan fingerprint density at radius 1 is 0.571 bits per heavy atom. The number of benzene rings is 4. The Hall–Kier alpha value is -2.31. The van der Waals surface area contributed by atoms with Crippen LogP contribution >= 0.6 is 0 Å². The van der Waals surface area contributed by atoms with Crippen LogP contribution in [0.15, 0.2) is 118 Å². The fourth-order valence-corrected chi connectivity index (χ4v) is 17.5. The first-order valence-corrected chi connectivity index (χ1v) is 21.5. The maximum Gasteiger partial charge on any atom is -1.00 e. The van der Waals surface area contributed by atoms with Gasteiger partial charge in [0, 0.05) is 0 Å². The van der Waals surface area contributed by atoms with Gasteiger partial charge in [0.05, 0.1) is 0 Å². The maximum atomic E-state index is 2.70. The molecule has 0 N–H and O–H groups in total. The molecule has 0 nitrogen and oxygen atoms in total. The van der Waals surface area contributed by atoms with Crippen molar-refractivity contribution in [2.24, 2.45) is 17.3 Å². The van der Waals surface area contributed by atoms with E-state index in [0.29, 0.717) is 15.5 Å². The molecule has 1 unspecified atom stereocenters. The van der Waals surface area contributed by atoms with Gasteiger partial charge in [0.15, 0.2) is 0 Å². The minimum absolute atomic E-state index is 0. The summed E-state index contributed by atoms with van der Waals surface area (Å²) in [4.78, 5) is 0. The zero-order valence-electron chi connectivity index (χ0n) is 31.4. The fraction of sp³-hybridized carbons (Fsp3) is 0.370. The van der Waals surface area contributed by atoms with Crippen molar-refractivity contribution in [3.05, 3.63) is 151 Å². The van der Waals surface area contributed by atoms with Crippen molar-refractivity contribution in [3.8, 4) is 11.1 Å². The smallest absolute Gasteiger partial charge is 1.00 e. The second-order valence-electron chi connectivity index (χ2n) is 17.3. The SMILES string of the molecule is CC(C)C1C=C(C(C)(C)C)C=[C]1[Zr+2](=[C](c1ccccc1)c1ccccc1)[CH]1c2cc(C(C)(C)C)ccc2-c2ccc(C(C)(C)C)cc21.[Cl-].[Cl-]. The van der Waals surface area contributed by atoms with Crippen molar-refractivity contribution in [2.45, 2.75) is 90.6 Å². The van der Waals surface area contributed by atoms with Crippen LogP contribution < -0.4 is 24.8 Å². The van der Waals surface area contributed by atoms with Gasteiger partial charge in [-0.1, -0.05) is 0 Å². The summed E-state index contributed by atoms with van der Waals surface area (Å²) in [5.74, 6) is 0.983. The molecule has 4 aromatic carbocycles. The predicted molar refractivity (Wildman–Crippen MR) is 201 cm³/mol. The quantitative estimate of drug-likeness (QED) is 0.221. The number of hydrogen-bond donors (Lipinski definition) is 0. The van der Waals surface area contributed by atoms with Crippen molar-refractivity contribution in [3.63, 3.8) is 0 Å². The van der Waals surface area contributed by atoms with E-state index in [1.54, 1.807) is 17.6 Å². The molecule has 0 amide bonds. The van der Waals surface area contributed by atoms with Crippen LogP contribution in [0.25, 0.3) is 11.1 Å². The number of hydrogen-bond acceptors (Lipinski definition) is 0. The summed E-state index contributed by atoms with van der Waals surface area (Å²) < 4.78 is 3.75. The van der Waals surface area contributed by atoms with Gasteiger partial charge in [-0.15, -0.1) is 0 Å². The van der Waals surface area contributed by atoms with Gasteiger partial charge in [-0.05, 0) is 0 Å². The molecule has 4 aromatic rings. The van der Waals surface area contributed by atoms with Crippen molar-refractivity contribution in [1.82, 2.24) is 0 Å². The summed E-state index contributed by atoms with van der Waals surface area (Å²) in [5.41, 5.74) is 13.4. The molecule has 49 heavy (non-hydrogen) atoms. The molecule has 256 valence electrons. The molecule has 2 aliphatic rings. The first-order chi connectivity index (χ1) is 22.1. The van der Waals surface area contributed by atoms with Crippen LogP contribution in [0, 0.1) is 17.3 Å². The van der Waals surface area contributed by atoms with Crippen molar-refractivity contribution in [1.29, 1.82) is 0 Å². The van der Waals surface area contributed by atoms with E-state index in [9.17, 15) is 0 Å². The molecule has 0 heterocycles. The molecule has 0 radical (unpaired) electrons. The third-order valence-corrected chi connectivity index (χ3v) is 18.7. The normalized spacial score (nSPS) is 15.7. The molecule has 0 aliphatic heterocycles. The van der Waals surface area contributed by atoms with Crippen LogP contribution in [-0.4, -0.2) is 3.21 Å². The maximum absolute atomic E-state index is 2.93.